The first-order chi connectivity index (χ1) is 19.3. The molecule has 235 valence electrons. The van der Waals surface area contributed by atoms with Gasteiger partial charge in [0.2, 0.25) is 0 Å². The smallest absolute Gasteiger partial charge is 0.0210 e. The van der Waals surface area contributed by atoms with Crippen molar-refractivity contribution in [3.05, 3.63) is 5.92 Å². The van der Waals surface area contributed by atoms with Gasteiger partial charge in [0.1, 0.15) is 0 Å². The molecule has 0 aromatic carbocycles. The molecule has 0 aliphatic heterocycles. The van der Waals surface area contributed by atoms with Crippen LogP contribution >= 0.6 is 0 Å². The van der Waals surface area contributed by atoms with Gasteiger partial charge < -0.3 is 0 Å². The maximum Gasteiger partial charge on any atom is -0.0210 e. The van der Waals surface area contributed by atoms with Gasteiger partial charge in [0.05, 0.1) is 0 Å². The Balaban J connectivity index is 4.70. The lowest BCUT2D eigenvalue weighted by Crippen LogP contribution is -2.14. The van der Waals surface area contributed by atoms with E-state index in [1.165, 1.54) is 212 Å². The predicted octanol–water partition coefficient (Wildman–Crippen LogP) is 15.1. The van der Waals surface area contributed by atoms with Gasteiger partial charge in [0.15, 0.2) is 0 Å². The zero-order valence-electron chi connectivity index (χ0n) is 28.4. The predicted molar refractivity (Wildman–Crippen MR) is 182 cm³/mol. The highest BCUT2D eigenvalue weighted by molar-refractivity contribution is 4.96. The highest BCUT2D eigenvalue weighted by atomic mass is 14.3. The van der Waals surface area contributed by atoms with E-state index in [1.807, 2.05) is 5.92 Å². The highest BCUT2D eigenvalue weighted by Gasteiger charge is 2.21. The molecule has 0 spiro atoms. The molecule has 0 aliphatic carbocycles. The first-order valence-electron chi connectivity index (χ1n) is 19.1. The molecule has 0 heteroatoms. The van der Waals surface area contributed by atoms with Crippen molar-refractivity contribution in [3.8, 4) is 0 Å². The molecule has 0 rings (SSSR count). The van der Waals surface area contributed by atoms with Gasteiger partial charge in [-0.1, -0.05) is 214 Å². The van der Waals surface area contributed by atoms with Crippen molar-refractivity contribution in [1.29, 1.82) is 0 Å². The molecule has 0 heterocycles. The molecule has 0 amide bonds. The van der Waals surface area contributed by atoms with Gasteiger partial charge in [-0.2, -0.15) is 0 Å². The average molecular weight is 548 g/mol. The van der Waals surface area contributed by atoms with E-state index < -0.39 is 0 Å². The van der Waals surface area contributed by atoms with Gasteiger partial charge in [0.25, 0.3) is 0 Å². The molecule has 1 unspecified atom stereocenters. The molecule has 0 aliphatic rings. The van der Waals surface area contributed by atoms with Gasteiger partial charge in [-0.05, 0) is 37.5 Å². The van der Waals surface area contributed by atoms with E-state index in [-0.39, 0.29) is 0 Å². The van der Waals surface area contributed by atoms with Crippen LogP contribution in [0.25, 0.3) is 0 Å². The van der Waals surface area contributed by atoms with Crippen LogP contribution in [-0.2, 0) is 0 Å². The average Bonchev–Trinajstić information content (AvgIpc) is 2.95. The van der Waals surface area contributed by atoms with Gasteiger partial charge in [-0.25, -0.2) is 0 Å². The Morgan fingerprint density at radius 1 is 0.282 bits per heavy atom. The monoisotopic (exact) mass is 548 g/mol. The zero-order valence-corrected chi connectivity index (χ0v) is 28.4. The topological polar surface area (TPSA) is 0 Å². The van der Waals surface area contributed by atoms with Crippen LogP contribution < -0.4 is 0 Å². The summed E-state index contributed by atoms with van der Waals surface area (Å²) < 4.78 is 0. The highest BCUT2D eigenvalue weighted by Crippen LogP contribution is 2.35. The van der Waals surface area contributed by atoms with E-state index in [0.717, 1.165) is 5.92 Å². The number of rotatable bonds is 34. The van der Waals surface area contributed by atoms with Crippen molar-refractivity contribution in [3.63, 3.8) is 0 Å². The summed E-state index contributed by atoms with van der Waals surface area (Å²) in [6, 6.07) is 0. The number of unbranched alkanes of at least 4 members (excludes halogenated alkanes) is 25. The molecule has 0 N–H and O–H groups in total. The lowest BCUT2D eigenvalue weighted by molar-refractivity contribution is 0.371. The molecule has 0 nitrogen and oxygen atoms in total. The van der Waals surface area contributed by atoms with Crippen molar-refractivity contribution < 1.29 is 0 Å². The molecule has 0 saturated carbocycles. The third-order valence-electron chi connectivity index (χ3n) is 9.34. The fourth-order valence-electron chi connectivity index (χ4n) is 6.58. The molecule has 0 bridgehead atoms. The second-order valence-corrected chi connectivity index (χ2v) is 13.3. The lowest BCUT2D eigenvalue weighted by Gasteiger charge is -2.28. The normalized spacial score (nSPS) is 12.5. The van der Waals surface area contributed by atoms with E-state index >= 15 is 0 Å². The third kappa shape index (κ3) is 29.3. The molecule has 0 fully saturated rings. The number of hydrogen-bond donors (Lipinski definition) is 0. The standard InChI is InChI=1S/C39H79/c1-5-9-13-17-21-24-28-32-36-38(34-30-26-20-16-12-8-4)39(35-31-27-23-19-15-11-7-3)37-33-29-25-22-18-14-10-6-2/h39H,5-37H2,1-4H3. The summed E-state index contributed by atoms with van der Waals surface area (Å²) in [5.74, 6) is 2.96. The van der Waals surface area contributed by atoms with E-state index in [4.69, 9.17) is 0 Å². The minimum atomic E-state index is 0.945. The van der Waals surface area contributed by atoms with Crippen LogP contribution in [0.5, 0.6) is 0 Å². The maximum atomic E-state index is 2.34. The molecular formula is C39H79. The SMILES string of the molecule is CCCCCCCCCC[C](CCCCCCCC)C(CCCCCCCCC)CCCCCCCCCC. The molecule has 1 radical (unpaired) electrons. The van der Waals surface area contributed by atoms with Gasteiger partial charge >= 0.3 is 0 Å². The molecular weight excluding hydrogens is 468 g/mol. The summed E-state index contributed by atoms with van der Waals surface area (Å²) in [6.07, 6.45) is 48.2. The molecule has 1 atom stereocenters. The molecule has 39 heavy (non-hydrogen) atoms. The van der Waals surface area contributed by atoms with Crippen LogP contribution in [0.1, 0.15) is 240 Å². The Kier molecular flexibility index (Phi) is 34.2. The Labute approximate surface area is 251 Å². The maximum absolute atomic E-state index is 2.34. The van der Waals surface area contributed by atoms with Gasteiger partial charge in [0, 0.05) is 0 Å². The first kappa shape index (κ1) is 39.0. The van der Waals surface area contributed by atoms with Crippen molar-refractivity contribution in [2.24, 2.45) is 5.92 Å². The van der Waals surface area contributed by atoms with Crippen molar-refractivity contribution in [2.45, 2.75) is 240 Å². The summed E-state index contributed by atoms with van der Waals surface area (Å²) in [5, 5.41) is 0. The van der Waals surface area contributed by atoms with E-state index in [9.17, 15) is 0 Å². The van der Waals surface area contributed by atoms with Crippen LogP contribution in [-0.4, -0.2) is 0 Å². The van der Waals surface area contributed by atoms with Gasteiger partial charge in [-0.3, -0.25) is 0 Å². The van der Waals surface area contributed by atoms with Crippen LogP contribution in [0.15, 0.2) is 0 Å². The number of hydrogen-bond acceptors (Lipinski definition) is 0. The van der Waals surface area contributed by atoms with Crippen LogP contribution in [0, 0.1) is 11.8 Å². The Bertz CT molecular complexity index is 412. The van der Waals surface area contributed by atoms with Gasteiger partial charge in [-0.15, -0.1) is 0 Å². The Hall–Kier alpha value is 0. The molecule has 0 aromatic rings. The largest absolute Gasteiger partial charge is 0.0654 e. The van der Waals surface area contributed by atoms with Crippen molar-refractivity contribution in [1.82, 2.24) is 0 Å². The zero-order chi connectivity index (χ0) is 28.5. The second-order valence-electron chi connectivity index (χ2n) is 13.3. The van der Waals surface area contributed by atoms with Crippen LogP contribution in [0.4, 0.5) is 0 Å². The lowest BCUT2D eigenvalue weighted by atomic mass is 9.78. The minimum absolute atomic E-state index is 0.945. The van der Waals surface area contributed by atoms with E-state index in [0.29, 0.717) is 0 Å². The van der Waals surface area contributed by atoms with E-state index in [1.54, 1.807) is 0 Å². The first-order valence-corrected chi connectivity index (χ1v) is 19.1. The quantitative estimate of drug-likeness (QED) is 0.0702. The summed E-state index contributed by atoms with van der Waals surface area (Å²) in [7, 11) is 0. The molecule has 0 saturated heterocycles. The third-order valence-corrected chi connectivity index (χ3v) is 9.34. The van der Waals surface area contributed by atoms with Crippen LogP contribution in [0.2, 0.25) is 0 Å². The minimum Gasteiger partial charge on any atom is -0.0654 e. The fourth-order valence-corrected chi connectivity index (χ4v) is 6.58. The summed E-state index contributed by atoms with van der Waals surface area (Å²) in [6.45, 7) is 9.34. The molecule has 0 aromatic heterocycles. The fraction of sp³-hybridized carbons (Fsp3) is 0.974. The van der Waals surface area contributed by atoms with Crippen molar-refractivity contribution in [2.75, 3.05) is 0 Å². The second kappa shape index (κ2) is 34.2. The summed E-state index contributed by atoms with van der Waals surface area (Å²) in [5.41, 5.74) is 0. The Morgan fingerprint density at radius 3 is 0.795 bits per heavy atom. The Morgan fingerprint density at radius 2 is 0.513 bits per heavy atom. The van der Waals surface area contributed by atoms with Crippen LogP contribution in [0.3, 0.4) is 0 Å². The van der Waals surface area contributed by atoms with E-state index in [2.05, 4.69) is 27.7 Å². The van der Waals surface area contributed by atoms with Crippen molar-refractivity contribution >= 4 is 0 Å². The summed E-state index contributed by atoms with van der Waals surface area (Å²) in [4.78, 5) is 0. The summed E-state index contributed by atoms with van der Waals surface area (Å²) >= 11 is 0.